The molecule has 1 aliphatic heterocycles. The van der Waals surface area contributed by atoms with Crippen molar-refractivity contribution in [3.63, 3.8) is 0 Å². The summed E-state index contributed by atoms with van der Waals surface area (Å²) in [7, 11) is 0. The maximum atomic E-state index is 13.0. The van der Waals surface area contributed by atoms with Crippen LogP contribution in [-0.2, 0) is 10.9 Å². The van der Waals surface area contributed by atoms with Gasteiger partial charge in [0, 0.05) is 25.9 Å². The Morgan fingerprint density at radius 2 is 1.71 bits per heavy atom. The highest BCUT2D eigenvalue weighted by molar-refractivity contribution is 5.68. The number of carbonyl (C=O) groups excluding carboxylic acids is 1. The molecule has 0 unspecified atom stereocenters. The van der Waals surface area contributed by atoms with Gasteiger partial charge in [-0.2, -0.15) is 13.2 Å². The fraction of sp³-hybridized carbons (Fsp3) is 0.588. The van der Waals surface area contributed by atoms with Gasteiger partial charge in [-0.05, 0) is 32.9 Å². The third kappa shape index (κ3) is 5.04. The Bertz CT molecular complexity index is 573. The number of para-hydroxylation sites is 1. The molecular formula is C17H22F3NO3. The van der Waals surface area contributed by atoms with Crippen molar-refractivity contribution in [3.05, 3.63) is 29.8 Å². The number of hydrogen-bond donors (Lipinski definition) is 0. The van der Waals surface area contributed by atoms with Crippen molar-refractivity contribution in [2.75, 3.05) is 13.1 Å². The van der Waals surface area contributed by atoms with Crippen LogP contribution >= 0.6 is 0 Å². The van der Waals surface area contributed by atoms with Crippen LogP contribution in [0.2, 0.25) is 0 Å². The summed E-state index contributed by atoms with van der Waals surface area (Å²) in [5.74, 6) is -0.166. The molecule has 24 heavy (non-hydrogen) atoms. The molecule has 1 fully saturated rings. The first-order valence-electron chi connectivity index (χ1n) is 7.87. The minimum absolute atomic E-state index is 0.166. The standard InChI is InChI=1S/C17H22F3NO3/c1-16(2,3)24-15(22)21-10-8-12(9-11-21)23-14-7-5-4-6-13(14)17(18,19)20/h4-7,12H,8-11H2,1-3H3. The molecular weight excluding hydrogens is 323 g/mol. The average Bonchev–Trinajstić information content (AvgIpc) is 2.45. The quantitative estimate of drug-likeness (QED) is 0.793. The summed E-state index contributed by atoms with van der Waals surface area (Å²) in [5, 5.41) is 0. The summed E-state index contributed by atoms with van der Waals surface area (Å²) < 4.78 is 49.8. The Morgan fingerprint density at radius 3 is 2.25 bits per heavy atom. The zero-order valence-corrected chi connectivity index (χ0v) is 14.0. The van der Waals surface area contributed by atoms with E-state index in [1.54, 1.807) is 25.7 Å². The van der Waals surface area contributed by atoms with E-state index >= 15 is 0 Å². The van der Waals surface area contributed by atoms with Gasteiger partial charge in [-0.15, -0.1) is 0 Å². The van der Waals surface area contributed by atoms with Crippen LogP contribution < -0.4 is 4.74 Å². The number of carbonyl (C=O) groups is 1. The molecule has 4 nitrogen and oxygen atoms in total. The smallest absolute Gasteiger partial charge is 0.419 e. The zero-order chi connectivity index (χ0) is 18.0. The molecule has 1 saturated heterocycles. The third-order valence-electron chi connectivity index (χ3n) is 3.58. The Morgan fingerprint density at radius 1 is 1.12 bits per heavy atom. The number of hydrogen-bond acceptors (Lipinski definition) is 3. The van der Waals surface area contributed by atoms with E-state index in [9.17, 15) is 18.0 Å². The highest BCUT2D eigenvalue weighted by Gasteiger charge is 2.35. The van der Waals surface area contributed by atoms with Crippen molar-refractivity contribution in [1.29, 1.82) is 0 Å². The molecule has 0 bridgehead atoms. The Labute approximate surface area is 139 Å². The molecule has 1 amide bonds. The van der Waals surface area contributed by atoms with Crippen LogP contribution in [-0.4, -0.2) is 35.8 Å². The number of amides is 1. The number of ether oxygens (including phenoxy) is 2. The van der Waals surface area contributed by atoms with Crippen LogP contribution in [0.5, 0.6) is 5.75 Å². The number of alkyl halides is 3. The summed E-state index contributed by atoms with van der Waals surface area (Å²) in [6.45, 7) is 6.15. The Kier molecular flexibility index (Phi) is 5.30. The van der Waals surface area contributed by atoms with Crippen LogP contribution in [0, 0.1) is 0 Å². The number of piperidine rings is 1. The predicted octanol–water partition coefficient (Wildman–Crippen LogP) is 4.48. The lowest BCUT2D eigenvalue weighted by Crippen LogP contribution is -2.44. The van der Waals surface area contributed by atoms with Gasteiger partial charge in [-0.3, -0.25) is 0 Å². The molecule has 1 aromatic carbocycles. The maximum absolute atomic E-state index is 13.0. The van der Waals surface area contributed by atoms with Crippen molar-refractivity contribution >= 4 is 6.09 Å². The molecule has 0 saturated carbocycles. The minimum Gasteiger partial charge on any atom is -0.490 e. The van der Waals surface area contributed by atoms with Gasteiger partial charge in [0.05, 0.1) is 5.56 Å². The number of rotatable bonds is 2. The van der Waals surface area contributed by atoms with Crippen molar-refractivity contribution < 1.29 is 27.4 Å². The van der Waals surface area contributed by atoms with E-state index in [4.69, 9.17) is 9.47 Å². The van der Waals surface area contributed by atoms with Crippen LogP contribution in [0.15, 0.2) is 24.3 Å². The molecule has 0 N–H and O–H groups in total. The fourth-order valence-corrected chi connectivity index (χ4v) is 2.47. The Balaban J connectivity index is 1.94. The summed E-state index contributed by atoms with van der Waals surface area (Å²) >= 11 is 0. The minimum atomic E-state index is -4.45. The summed E-state index contributed by atoms with van der Waals surface area (Å²) in [6, 6.07) is 5.18. The lowest BCUT2D eigenvalue weighted by Gasteiger charge is -2.33. The van der Waals surface area contributed by atoms with E-state index < -0.39 is 23.4 Å². The van der Waals surface area contributed by atoms with E-state index in [1.807, 2.05) is 0 Å². The first-order valence-corrected chi connectivity index (χ1v) is 7.87. The van der Waals surface area contributed by atoms with Crippen LogP contribution in [0.1, 0.15) is 39.2 Å². The van der Waals surface area contributed by atoms with E-state index in [1.165, 1.54) is 18.2 Å². The predicted molar refractivity (Wildman–Crippen MR) is 82.9 cm³/mol. The van der Waals surface area contributed by atoms with E-state index in [0.29, 0.717) is 25.9 Å². The van der Waals surface area contributed by atoms with Crippen LogP contribution in [0.3, 0.4) is 0 Å². The molecule has 1 heterocycles. The van der Waals surface area contributed by atoms with Gasteiger partial charge >= 0.3 is 12.3 Å². The van der Waals surface area contributed by atoms with E-state index in [2.05, 4.69) is 0 Å². The number of halogens is 3. The van der Waals surface area contributed by atoms with Crippen LogP contribution in [0.25, 0.3) is 0 Å². The molecule has 0 atom stereocenters. The summed E-state index contributed by atoms with van der Waals surface area (Å²) in [6.07, 6.45) is -4.28. The molecule has 1 aliphatic rings. The lowest BCUT2D eigenvalue weighted by atomic mass is 10.1. The molecule has 134 valence electrons. The van der Waals surface area contributed by atoms with Gasteiger partial charge in [0.15, 0.2) is 0 Å². The molecule has 2 rings (SSSR count). The molecule has 0 aliphatic carbocycles. The van der Waals surface area contributed by atoms with E-state index in [-0.39, 0.29) is 11.9 Å². The lowest BCUT2D eigenvalue weighted by molar-refractivity contribution is -0.139. The SMILES string of the molecule is CC(C)(C)OC(=O)N1CCC(Oc2ccccc2C(F)(F)F)CC1. The number of benzene rings is 1. The third-order valence-corrected chi connectivity index (χ3v) is 3.58. The number of likely N-dealkylation sites (tertiary alicyclic amines) is 1. The first kappa shape index (κ1) is 18.4. The van der Waals surface area contributed by atoms with Gasteiger partial charge in [0.25, 0.3) is 0 Å². The van der Waals surface area contributed by atoms with Crippen molar-refractivity contribution in [2.24, 2.45) is 0 Å². The summed E-state index contributed by atoms with van der Waals surface area (Å²) in [4.78, 5) is 13.5. The van der Waals surface area contributed by atoms with Gasteiger partial charge in [0.2, 0.25) is 0 Å². The largest absolute Gasteiger partial charge is 0.490 e. The second kappa shape index (κ2) is 6.91. The first-order chi connectivity index (χ1) is 11.1. The molecule has 1 aromatic rings. The maximum Gasteiger partial charge on any atom is 0.419 e. The normalized spacial score (nSPS) is 16.8. The average molecular weight is 345 g/mol. The topological polar surface area (TPSA) is 38.8 Å². The molecule has 0 spiro atoms. The van der Waals surface area contributed by atoms with E-state index in [0.717, 1.165) is 6.07 Å². The second-order valence-corrected chi connectivity index (χ2v) is 6.78. The number of nitrogens with zero attached hydrogens (tertiary/aromatic N) is 1. The van der Waals surface area contributed by atoms with Crippen molar-refractivity contribution in [2.45, 2.75) is 51.5 Å². The van der Waals surface area contributed by atoms with Crippen molar-refractivity contribution in [1.82, 2.24) is 4.90 Å². The molecule has 7 heteroatoms. The van der Waals surface area contributed by atoms with Gasteiger partial charge < -0.3 is 14.4 Å². The highest BCUT2D eigenvalue weighted by Crippen LogP contribution is 2.37. The zero-order valence-electron chi connectivity index (χ0n) is 14.0. The van der Waals surface area contributed by atoms with Gasteiger partial charge in [-0.25, -0.2) is 4.79 Å². The van der Waals surface area contributed by atoms with Crippen LogP contribution in [0.4, 0.5) is 18.0 Å². The van der Waals surface area contributed by atoms with Crippen molar-refractivity contribution in [3.8, 4) is 5.75 Å². The van der Waals surface area contributed by atoms with Gasteiger partial charge in [-0.1, -0.05) is 12.1 Å². The fourth-order valence-electron chi connectivity index (χ4n) is 2.47. The molecule has 0 radical (unpaired) electrons. The molecule has 0 aromatic heterocycles. The second-order valence-electron chi connectivity index (χ2n) is 6.78. The monoisotopic (exact) mass is 345 g/mol. The Hall–Kier alpha value is -1.92. The summed E-state index contributed by atoms with van der Waals surface area (Å²) in [5.41, 5.74) is -1.35. The van der Waals surface area contributed by atoms with Gasteiger partial charge in [0.1, 0.15) is 17.5 Å². The highest BCUT2D eigenvalue weighted by atomic mass is 19.4.